The van der Waals surface area contributed by atoms with Crippen LogP contribution < -0.4 is 0 Å². The van der Waals surface area contributed by atoms with Crippen LogP contribution in [0, 0.1) is 5.92 Å². The number of likely N-dealkylation sites (tertiary alicyclic amines) is 1. The third-order valence-electron chi connectivity index (χ3n) is 7.41. The Kier molecular flexibility index (Phi) is 11.0. The fraction of sp³-hybridized carbons (Fsp3) is 0.536. The van der Waals surface area contributed by atoms with Crippen molar-refractivity contribution in [1.82, 2.24) is 14.8 Å². The summed E-state index contributed by atoms with van der Waals surface area (Å²) in [6, 6.07) is 8.74. The van der Waals surface area contributed by atoms with E-state index in [4.69, 9.17) is 25.2 Å². The number of nitrogens with zero attached hydrogens (tertiary/aromatic N) is 3. The zero-order chi connectivity index (χ0) is 30.2. The molecule has 13 heteroatoms. The second-order valence-electron chi connectivity index (χ2n) is 10.6. The van der Waals surface area contributed by atoms with E-state index in [0.717, 1.165) is 51.2 Å². The number of aliphatic hydroxyl groups is 1. The van der Waals surface area contributed by atoms with E-state index in [-0.39, 0.29) is 17.4 Å². The topological polar surface area (TPSA) is 178 Å². The fourth-order valence-electron chi connectivity index (χ4n) is 5.34. The van der Waals surface area contributed by atoms with E-state index in [1.54, 1.807) is 16.2 Å². The maximum Gasteiger partial charge on any atom is 0.336 e. The monoisotopic (exact) mass is 591 g/mol. The van der Waals surface area contributed by atoms with E-state index in [2.05, 4.69) is 34.1 Å². The number of benzene rings is 1. The van der Waals surface area contributed by atoms with Gasteiger partial charge in [0.2, 0.25) is 5.91 Å². The summed E-state index contributed by atoms with van der Waals surface area (Å²) in [4.78, 5) is 51.8. The Morgan fingerprint density at radius 2 is 1.73 bits per heavy atom. The number of aromatic nitrogens is 1. The molecule has 3 heterocycles. The van der Waals surface area contributed by atoms with Crippen LogP contribution in [0.5, 0.6) is 0 Å². The first-order valence-electron chi connectivity index (χ1n) is 13.3. The lowest BCUT2D eigenvalue weighted by molar-refractivity contribution is -0.170. The normalized spacial score (nSPS) is 17.0. The molecule has 4 rings (SSSR count). The average molecular weight is 592 g/mol. The van der Waals surface area contributed by atoms with Crippen molar-refractivity contribution in [2.45, 2.75) is 49.7 Å². The highest BCUT2D eigenvalue weighted by Crippen LogP contribution is 2.41. The minimum Gasteiger partial charge on any atom is -0.481 e. The van der Waals surface area contributed by atoms with Crippen molar-refractivity contribution in [3.63, 3.8) is 0 Å². The Hall–Kier alpha value is -3.39. The number of hydrogen-bond acceptors (Lipinski definition) is 9. The number of fused-ring (bicyclic) bond motifs is 2. The Labute approximate surface area is 242 Å². The van der Waals surface area contributed by atoms with Crippen LogP contribution >= 0.6 is 11.3 Å². The van der Waals surface area contributed by atoms with Crippen LogP contribution in [0.25, 0.3) is 0 Å². The first-order chi connectivity index (χ1) is 19.3. The first-order valence-corrected chi connectivity index (χ1v) is 14.2. The molecule has 1 unspecified atom stereocenters. The summed E-state index contributed by atoms with van der Waals surface area (Å²) >= 11 is 1.59. The molecule has 224 valence electrons. The second kappa shape index (κ2) is 14.0. The highest BCUT2D eigenvalue weighted by molar-refractivity contribution is 7.07. The van der Waals surface area contributed by atoms with Gasteiger partial charge in [-0.15, -0.1) is 11.3 Å². The number of carbonyl (C=O) groups excluding carboxylic acids is 1. The van der Waals surface area contributed by atoms with Crippen molar-refractivity contribution in [2.24, 2.45) is 5.92 Å². The maximum absolute atomic E-state index is 12.8. The zero-order valence-electron chi connectivity index (χ0n) is 23.2. The number of thiazole rings is 1. The smallest absolute Gasteiger partial charge is 0.336 e. The van der Waals surface area contributed by atoms with Gasteiger partial charge in [-0.2, -0.15) is 0 Å². The fourth-order valence-corrected chi connectivity index (χ4v) is 5.91. The molecule has 2 aliphatic heterocycles. The Balaban J connectivity index is 0.000000302. The number of carbonyl (C=O) groups is 4. The molecule has 2 aliphatic rings. The number of ether oxygens (including phenoxy) is 1. The van der Waals surface area contributed by atoms with Gasteiger partial charge in [0, 0.05) is 45.5 Å². The lowest BCUT2D eigenvalue weighted by Gasteiger charge is -2.45. The van der Waals surface area contributed by atoms with Crippen LogP contribution in [0.1, 0.15) is 42.5 Å². The molecule has 41 heavy (non-hydrogen) atoms. The third kappa shape index (κ3) is 8.55. The summed E-state index contributed by atoms with van der Waals surface area (Å²) in [5.74, 6) is -4.88. The Bertz CT molecular complexity index is 1190. The molecule has 1 aromatic heterocycles. The molecule has 1 amide bonds. The summed E-state index contributed by atoms with van der Waals surface area (Å²) in [5, 5.41) is 35.9. The van der Waals surface area contributed by atoms with Gasteiger partial charge in [-0.3, -0.25) is 14.4 Å². The number of amides is 1. The van der Waals surface area contributed by atoms with Gasteiger partial charge in [0.05, 0.1) is 42.2 Å². The summed E-state index contributed by atoms with van der Waals surface area (Å²) in [5.41, 5.74) is 2.80. The minimum atomic E-state index is -2.74. The second-order valence-corrected chi connectivity index (χ2v) is 11.4. The number of hydrogen-bond donors (Lipinski definition) is 4. The Morgan fingerprint density at radius 3 is 2.27 bits per heavy atom. The molecule has 0 aliphatic carbocycles. The molecule has 2 aromatic rings. The predicted octanol–water partition coefficient (Wildman–Crippen LogP) is 1.71. The lowest BCUT2D eigenvalue weighted by atomic mass is 9.79. The molecule has 1 spiro atoms. The van der Waals surface area contributed by atoms with Crippen LogP contribution in [0.15, 0.2) is 35.2 Å². The van der Waals surface area contributed by atoms with Crippen LogP contribution in [-0.2, 0) is 42.4 Å². The largest absolute Gasteiger partial charge is 0.481 e. The average Bonchev–Trinajstić information content (AvgIpc) is 3.42. The van der Waals surface area contributed by atoms with Gasteiger partial charge in [0.1, 0.15) is 0 Å². The number of rotatable bonds is 10. The predicted molar refractivity (Wildman–Crippen MR) is 149 cm³/mol. The van der Waals surface area contributed by atoms with E-state index >= 15 is 0 Å². The molecule has 0 radical (unpaired) electrons. The number of piperidine rings is 1. The van der Waals surface area contributed by atoms with Gasteiger partial charge in [0.15, 0.2) is 5.60 Å². The molecule has 1 fully saturated rings. The molecule has 12 nitrogen and oxygen atoms in total. The molecule has 0 bridgehead atoms. The van der Waals surface area contributed by atoms with E-state index < -0.39 is 36.4 Å². The van der Waals surface area contributed by atoms with Crippen LogP contribution in [-0.4, -0.2) is 105 Å². The SMILES string of the molecule is CN(C)C(=O)C(Cc1cscn1)CN1CCC2(CC1)OCCc1ccccc12.O=C(O)CC(O)(CC(=O)O)C(=O)O. The molecule has 1 saturated heterocycles. The minimum absolute atomic E-state index is 0.0503. The van der Waals surface area contributed by atoms with Gasteiger partial charge in [-0.25, -0.2) is 9.78 Å². The molecule has 4 N–H and O–H groups in total. The van der Waals surface area contributed by atoms with E-state index in [1.807, 2.05) is 25.0 Å². The molecule has 0 saturated carbocycles. The van der Waals surface area contributed by atoms with Crippen molar-refractivity contribution in [3.05, 3.63) is 52.0 Å². The summed E-state index contributed by atoms with van der Waals surface area (Å²) in [6.45, 7) is 3.51. The van der Waals surface area contributed by atoms with Gasteiger partial charge in [-0.1, -0.05) is 24.3 Å². The summed E-state index contributed by atoms with van der Waals surface area (Å²) < 4.78 is 6.35. The summed E-state index contributed by atoms with van der Waals surface area (Å²) in [6.07, 6.45) is 1.41. The highest BCUT2D eigenvalue weighted by atomic mass is 32.1. The highest BCUT2D eigenvalue weighted by Gasteiger charge is 2.42. The number of aliphatic carboxylic acids is 3. The van der Waals surface area contributed by atoms with Crippen molar-refractivity contribution >= 4 is 35.2 Å². The standard InChI is InChI=1S/C22H29N3O2S.C6H8O7/c1-24(2)21(26)18(13-19-15-28-16-23-19)14-25-10-8-22(9-11-25)20-6-4-3-5-17(20)7-12-27-22;7-3(8)1-6(13,5(11)12)2-4(9)10/h3-6,15-16,18H,7-14H2,1-2H3;13H,1-2H2,(H,7,8)(H,9,10)(H,11,12). The third-order valence-corrected chi connectivity index (χ3v) is 8.05. The van der Waals surface area contributed by atoms with Gasteiger partial charge in [-0.05, 0) is 30.4 Å². The first kappa shape index (κ1) is 32.1. The van der Waals surface area contributed by atoms with Gasteiger partial charge >= 0.3 is 17.9 Å². The van der Waals surface area contributed by atoms with Gasteiger partial charge in [0.25, 0.3) is 0 Å². The van der Waals surface area contributed by atoms with E-state index in [9.17, 15) is 19.2 Å². The quantitative estimate of drug-likeness (QED) is 0.316. The lowest BCUT2D eigenvalue weighted by Crippen LogP contribution is -2.49. The van der Waals surface area contributed by atoms with Crippen LogP contribution in [0.2, 0.25) is 0 Å². The molecular weight excluding hydrogens is 554 g/mol. The summed E-state index contributed by atoms with van der Waals surface area (Å²) in [7, 11) is 3.68. The van der Waals surface area contributed by atoms with Crippen molar-refractivity contribution in [2.75, 3.05) is 40.3 Å². The maximum atomic E-state index is 12.8. The van der Waals surface area contributed by atoms with Crippen molar-refractivity contribution in [1.29, 1.82) is 0 Å². The number of carboxylic acids is 3. The number of carboxylic acid groups (broad SMARTS) is 3. The molecule has 1 atom stereocenters. The van der Waals surface area contributed by atoms with Crippen LogP contribution in [0.4, 0.5) is 0 Å². The van der Waals surface area contributed by atoms with E-state index in [1.165, 1.54) is 11.1 Å². The Morgan fingerprint density at radius 1 is 1.10 bits per heavy atom. The van der Waals surface area contributed by atoms with Crippen molar-refractivity contribution in [3.8, 4) is 0 Å². The zero-order valence-corrected chi connectivity index (χ0v) is 24.0. The van der Waals surface area contributed by atoms with Crippen LogP contribution in [0.3, 0.4) is 0 Å². The van der Waals surface area contributed by atoms with Gasteiger partial charge < -0.3 is 35.0 Å². The van der Waals surface area contributed by atoms with E-state index in [0.29, 0.717) is 6.42 Å². The molecular formula is C28H37N3O9S. The molecule has 1 aromatic carbocycles. The van der Waals surface area contributed by atoms with Crippen molar-refractivity contribution < 1.29 is 44.3 Å².